The third-order valence-corrected chi connectivity index (χ3v) is 2.39. The Balaban J connectivity index is 1.68. The van der Waals surface area contributed by atoms with Gasteiger partial charge in [0.15, 0.2) is 0 Å². The zero-order valence-electron chi connectivity index (χ0n) is 9.01. The fourth-order valence-corrected chi connectivity index (χ4v) is 1.19. The Kier molecular flexibility index (Phi) is 5.40. The van der Waals surface area contributed by atoms with E-state index in [-0.39, 0.29) is 0 Å². The molecule has 0 bridgehead atoms. The summed E-state index contributed by atoms with van der Waals surface area (Å²) in [6.45, 7) is 8.48. The predicted octanol–water partition coefficient (Wildman–Crippen LogP) is 2.05. The van der Waals surface area contributed by atoms with E-state index < -0.39 is 0 Å². The van der Waals surface area contributed by atoms with Crippen LogP contribution in [0.3, 0.4) is 0 Å². The Hall–Kier alpha value is -0.0800. The molecule has 0 spiro atoms. The zero-order valence-corrected chi connectivity index (χ0v) is 9.01. The quantitative estimate of drug-likeness (QED) is 0.584. The van der Waals surface area contributed by atoms with Gasteiger partial charge in [-0.1, -0.05) is 13.8 Å². The second-order valence-corrected chi connectivity index (χ2v) is 4.44. The summed E-state index contributed by atoms with van der Waals surface area (Å²) in [4.78, 5) is 0. The Bertz CT molecular complexity index is 115. The van der Waals surface area contributed by atoms with E-state index in [4.69, 9.17) is 4.74 Å². The molecule has 0 aliphatic heterocycles. The lowest BCUT2D eigenvalue weighted by molar-refractivity contribution is 0.125. The van der Waals surface area contributed by atoms with Gasteiger partial charge in [-0.3, -0.25) is 0 Å². The predicted molar refractivity (Wildman–Crippen MR) is 55.9 cm³/mol. The summed E-state index contributed by atoms with van der Waals surface area (Å²) < 4.78 is 5.48. The van der Waals surface area contributed by atoms with Gasteiger partial charge < -0.3 is 10.1 Å². The number of nitrogens with one attached hydrogen (secondary N) is 1. The van der Waals surface area contributed by atoms with Gasteiger partial charge in [0.1, 0.15) is 0 Å². The molecule has 0 radical (unpaired) electrons. The van der Waals surface area contributed by atoms with Crippen LogP contribution >= 0.6 is 0 Å². The standard InChI is InChI=1S/C11H23NO/c1-10(2)5-7-13-8-6-12-9-11-3-4-11/h10-12H,3-9H2,1-2H3. The highest BCUT2D eigenvalue weighted by Gasteiger charge is 2.19. The van der Waals surface area contributed by atoms with Gasteiger partial charge in [-0.15, -0.1) is 0 Å². The Morgan fingerprint density at radius 3 is 2.69 bits per heavy atom. The van der Waals surface area contributed by atoms with Crippen molar-refractivity contribution in [2.45, 2.75) is 33.1 Å². The van der Waals surface area contributed by atoms with Crippen LogP contribution in [0, 0.1) is 11.8 Å². The molecule has 0 atom stereocenters. The second kappa shape index (κ2) is 6.39. The van der Waals surface area contributed by atoms with Crippen LogP contribution < -0.4 is 5.32 Å². The maximum absolute atomic E-state index is 5.48. The molecule has 1 saturated carbocycles. The van der Waals surface area contributed by atoms with Gasteiger partial charge in [0, 0.05) is 13.2 Å². The normalized spacial score (nSPS) is 16.8. The van der Waals surface area contributed by atoms with Gasteiger partial charge in [-0.2, -0.15) is 0 Å². The maximum Gasteiger partial charge on any atom is 0.0590 e. The van der Waals surface area contributed by atoms with Crippen LogP contribution in [0.4, 0.5) is 0 Å². The molecule has 1 fully saturated rings. The first-order valence-electron chi connectivity index (χ1n) is 5.57. The molecule has 1 aliphatic carbocycles. The first-order chi connectivity index (χ1) is 6.29. The van der Waals surface area contributed by atoms with Crippen LogP contribution in [0.1, 0.15) is 33.1 Å². The van der Waals surface area contributed by atoms with Crippen molar-refractivity contribution in [3.8, 4) is 0 Å². The first-order valence-corrected chi connectivity index (χ1v) is 5.57. The maximum atomic E-state index is 5.48. The Morgan fingerprint density at radius 2 is 2.08 bits per heavy atom. The number of hydrogen-bond acceptors (Lipinski definition) is 2. The van der Waals surface area contributed by atoms with Crippen molar-refractivity contribution in [1.82, 2.24) is 5.32 Å². The molecular formula is C11H23NO. The zero-order chi connectivity index (χ0) is 9.52. The Labute approximate surface area is 82.0 Å². The van der Waals surface area contributed by atoms with Gasteiger partial charge in [0.05, 0.1) is 6.61 Å². The van der Waals surface area contributed by atoms with Gasteiger partial charge >= 0.3 is 0 Å². The van der Waals surface area contributed by atoms with E-state index in [2.05, 4.69) is 19.2 Å². The molecule has 0 unspecified atom stereocenters. The summed E-state index contributed by atoms with van der Waals surface area (Å²) in [5, 5.41) is 3.41. The summed E-state index contributed by atoms with van der Waals surface area (Å²) in [5.41, 5.74) is 0. The van der Waals surface area contributed by atoms with Gasteiger partial charge in [0.25, 0.3) is 0 Å². The lowest BCUT2D eigenvalue weighted by Crippen LogP contribution is -2.22. The highest BCUT2D eigenvalue weighted by molar-refractivity contribution is 4.74. The lowest BCUT2D eigenvalue weighted by atomic mass is 10.1. The summed E-state index contributed by atoms with van der Waals surface area (Å²) in [6, 6.07) is 0. The molecule has 2 nitrogen and oxygen atoms in total. The molecule has 1 aliphatic rings. The molecular weight excluding hydrogens is 162 g/mol. The van der Waals surface area contributed by atoms with Crippen LogP contribution in [-0.4, -0.2) is 26.3 Å². The minimum atomic E-state index is 0.763. The smallest absolute Gasteiger partial charge is 0.0590 e. The van der Waals surface area contributed by atoms with Crippen LogP contribution in [0.15, 0.2) is 0 Å². The molecule has 78 valence electrons. The van der Waals surface area contributed by atoms with Crippen LogP contribution in [0.5, 0.6) is 0 Å². The van der Waals surface area contributed by atoms with Crippen molar-refractivity contribution in [1.29, 1.82) is 0 Å². The first kappa shape index (κ1) is 11.0. The molecule has 0 aromatic carbocycles. The topological polar surface area (TPSA) is 21.3 Å². The minimum absolute atomic E-state index is 0.763. The number of hydrogen-bond donors (Lipinski definition) is 1. The molecule has 0 saturated heterocycles. The molecule has 0 aromatic rings. The SMILES string of the molecule is CC(C)CCOCCNCC1CC1. The molecule has 1 rings (SSSR count). The van der Waals surface area contributed by atoms with Crippen LogP contribution in [-0.2, 0) is 4.74 Å². The molecule has 13 heavy (non-hydrogen) atoms. The van der Waals surface area contributed by atoms with Crippen molar-refractivity contribution in [3.05, 3.63) is 0 Å². The van der Waals surface area contributed by atoms with Gasteiger partial charge in [-0.05, 0) is 37.6 Å². The third kappa shape index (κ3) is 7.03. The van der Waals surface area contributed by atoms with Crippen molar-refractivity contribution < 1.29 is 4.74 Å². The molecule has 0 heterocycles. The average Bonchev–Trinajstić information content (AvgIpc) is 2.86. The summed E-state index contributed by atoms with van der Waals surface area (Å²) >= 11 is 0. The lowest BCUT2D eigenvalue weighted by Gasteiger charge is -2.06. The van der Waals surface area contributed by atoms with E-state index in [1.165, 1.54) is 25.8 Å². The van der Waals surface area contributed by atoms with E-state index >= 15 is 0 Å². The fraction of sp³-hybridized carbons (Fsp3) is 1.00. The molecule has 2 heteroatoms. The third-order valence-electron chi connectivity index (χ3n) is 2.39. The summed E-state index contributed by atoms with van der Waals surface area (Å²) in [5.74, 6) is 1.75. The highest BCUT2D eigenvalue weighted by Crippen LogP contribution is 2.27. The van der Waals surface area contributed by atoms with Crippen molar-refractivity contribution >= 4 is 0 Å². The number of ether oxygens (including phenoxy) is 1. The molecule has 0 amide bonds. The highest BCUT2D eigenvalue weighted by atomic mass is 16.5. The van der Waals surface area contributed by atoms with Crippen molar-refractivity contribution in [2.75, 3.05) is 26.3 Å². The van der Waals surface area contributed by atoms with E-state index in [9.17, 15) is 0 Å². The monoisotopic (exact) mass is 185 g/mol. The molecule has 1 N–H and O–H groups in total. The second-order valence-electron chi connectivity index (χ2n) is 4.44. The summed E-state index contributed by atoms with van der Waals surface area (Å²) in [6.07, 6.45) is 4.05. The fourth-order valence-electron chi connectivity index (χ4n) is 1.19. The number of rotatable bonds is 8. The average molecular weight is 185 g/mol. The van der Waals surface area contributed by atoms with Crippen molar-refractivity contribution in [2.24, 2.45) is 11.8 Å². The summed E-state index contributed by atoms with van der Waals surface area (Å²) in [7, 11) is 0. The minimum Gasteiger partial charge on any atom is -0.380 e. The molecule has 0 aromatic heterocycles. The van der Waals surface area contributed by atoms with E-state index in [1.807, 2.05) is 0 Å². The van der Waals surface area contributed by atoms with E-state index in [0.29, 0.717) is 0 Å². The van der Waals surface area contributed by atoms with Crippen LogP contribution in [0.25, 0.3) is 0 Å². The van der Waals surface area contributed by atoms with Crippen molar-refractivity contribution in [3.63, 3.8) is 0 Å². The van der Waals surface area contributed by atoms with Gasteiger partial charge in [0.2, 0.25) is 0 Å². The Morgan fingerprint density at radius 1 is 1.31 bits per heavy atom. The van der Waals surface area contributed by atoms with Crippen LogP contribution in [0.2, 0.25) is 0 Å². The largest absolute Gasteiger partial charge is 0.380 e. The van der Waals surface area contributed by atoms with E-state index in [0.717, 1.165) is 31.6 Å². The van der Waals surface area contributed by atoms with E-state index in [1.54, 1.807) is 0 Å². The van der Waals surface area contributed by atoms with Gasteiger partial charge in [-0.25, -0.2) is 0 Å².